The molecule has 0 bridgehead atoms. The van der Waals surface area contributed by atoms with Crippen molar-refractivity contribution in [1.29, 1.82) is 0 Å². The fraction of sp³-hybridized carbons (Fsp3) is 0.522. The third-order valence-electron chi connectivity index (χ3n) is 5.61. The summed E-state index contributed by atoms with van der Waals surface area (Å²) in [6.07, 6.45) is 1.59. The van der Waals surface area contributed by atoms with E-state index in [4.69, 9.17) is 14.2 Å². The molecule has 3 rings (SSSR count). The Morgan fingerprint density at radius 2 is 1.91 bits per heavy atom. The fourth-order valence-corrected chi connectivity index (χ4v) is 4.21. The van der Waals surface area contributed by atoms with Gasteiger partial charge in [0.2, 0.25) is 0 Å². The first kappa shape index (κ1) is 23.6. The number of hydrogen-bond donors (Lipinski definition) is 2. The lowest BCUT2D eigenvalue weighted by Gasteiger charge is -2.35. The number of esters is 2. The molecule has 1 fully saturated rings. The van der Waals surface area contributed by atoms with Crippen molar-refractivity contribution in [3.8, 4) is 5.75 Å². The van der Waals surface area contributed by atoms with Gasteiger partial charge in [0.15, 0.2) is 0 Å². The van der Waals surface area contributed by atoms with Crippen molar-refractivity contribution in [3.05, 3.63) is 41.1 Å². The number of hydrogen-bond acceptors (Lipinski definition) is 7. The molecule has 2 aliphatic rings. The van der Waals surface area contributed by atoms with Gasteiger partial charge in [0.05, 0.1) is 37.9 Å². The molecule has 0 unspecified atom stereocenters. The highest BCUT2D eigenvalue weighted by Gasteiger charge is 2.36. The maximum atomic E-state index is 13.0. The number of nitrogens with one attached hydrogen (secondary N) is 2. The van der Waals surface area contributed by atoms with Gasteiger partial charge in [0, 0.05) is 24.4 Å². The van der Waals surface area contributed by atoms with Crippen molar-refractivity contribution in [2.24, 2.45) is 5.92 Å². The standard InChI is InChI=1S/C23H31N3O6/c1-4-31-21(27)15-9-8-12-26(13-15)14-17-19(22(28)32-5-2)20(25-23(29)24-17)16-10-6-7-11-18(16)30-3/h6-7,10-11,15,20H,4-5,8-9,12-14H2,1-3H3,(H2,24,25,29)/t15-,20+/m0/s1. The second-order valence-electron chi connectivity index (χ2n) is 7.71. The summed E-state index contributed by atoms with van der Waals surface area (Å²) in [4.78, 5) is 39.8. The van der Waals surface area contributed by atoms with Crippen LogP contribution in [0.15, 0.2) is 35.5 Å². The van der Waals surface area contributed by atoms with Crippen molar-refractivity contribution in [2.45, 2.75) is 32.7 Å². The smallest absolute Gasteiger partial charge is 0.338 e. The Morgan fingerprint density at radius 3 is 2.62 bits per heavy atom. The molecule has 1 saturated heterocycles. The molecule has 0 radical (unpaired) electrons. The number of likely N-dealkylation sites (tertiary alicyclic amines) is 1. The largest absolute Gasteiger partial charge is 0.496 e. The first-order valence-electron chi connectivity index (χ1n) is 11.0. The van der Waals surface area contributed by atoms with Gasteiger partial charge in [-0.15, -0.1) is 0 Å². The van der Waals surface area contributed by atoms with Crippen LogP contribution in [0, 0.1) is 5.92 Å². The normalized spacial score (nSPS) is 21.4. The van der Waals surface area contributed by atoms with E-state index in [0.29, 0.717) is 42.3 Å². The number of urea groups is 1. The molecule has 2 amide bonds. The molecule has 9 nitrogen and oxygen atoms in total. The average Bonchev–Trinajstić information content (AvgIpc) is 2.79. The molecule has 32 heavy (non-hydrogen) atoms. The highest BCUT2D eigenvalue weighted by molar-refractivity contribution is 5.95. The molecule has 1 aromatic rings. The van der Waals surface area contributed by atoms with Crippen LogP contribution in [0.25, 0.3) is 0 Å². The maximum absolute atomic E-state index is 13.0. The highest BCUT2D eigenvalue weighted by atomic mass is 16.5. The van der Waals surface area contributed by atoms with E-state index in [2.05, 4.69) is 15.5 Å². The van der Waals surface area contributed by atoms with Gasteiger partial charge in [-0.05, 0) is 39.3 Å². The van der Waals surface area contributed by atoms with Gasteiger partial charge >= 0.3 is 18.0 Å². The van der Waals surface area contributed by atoms with Crippen LogP contribution in [0.4, 0.5) is 4.79 Å². The number of amides is 2. The first-order chi connectivity index (χ1) is 15.5. The van der Waals surface area contributed by atoms with Crippen LogP contribution < -0.4 is 15.4 Å². The van der Waals surface area contributed by atoms with Gasteiger partial charge in [0.25, 0.3) is 0 Å². The third-order valence-corrected chi connectivity index (χ3v) is 5.61. The molecular weight excluding hydrogens is 414 g/mol. The van der Waals surface area contributed by atoms with Crippen molar-refractivity contribution >= 4 is 18.0 Å². The Balaban J connectivity index is 1.94. The van der Waals surface area contributed by atoms with Crippen LogP contribution in [0.3, 0.4) is 0 Å². The van der Waals surface area contributed by atoms with Crippen molar-refractivity contribution in [3.63, 3.8) is 0 Å². The van der Waals surface area contributed by atoms with E-state index in [-0.39, 0.29) is 18.5 Å². The van der Waals surface area contributed by atoms with Crippen LogP contribution in [0.5, 0.6) is 5.75 Å². The predicted octanol–water partition coefficient (Wildman–Crippen LogP) is 2.14. The van der Waals surface area contributed by atoms with Crippen molar-refractivity contribution < 1.29 is 28.6 Å². The summed E-state index contributed by atoms with van der Waals surface area (Å²) in [5.41, 5.74) is 1.45. The zero-order chi connectivity index (χ0) is 23.1. The van der Waals surface area contributed by atoms with Crippen LogP contribution in [0.2, 0.25) is 0 Å². The van der Waals surface area contributed by atoms with Crippen molar-refractivity contribution in [1.82, 2.24) is 15.5 Å². The molecule has 9 heteroatoms. The summed E-state index contributed by atoms with van der Waals surface area (Å²) in [6.45, 7) is 5.63. The van der Waals surface area contributed by atoms with Gasteiger partial charge in [-0.1, -0.05) is 18.2 Å². The summed E-state index contributed by atoms with van der Waals surface area (Å²) in [7, 11) is 1.54. The lowest BCUT2D eigenvalue weighted by molar-refractivity contribution is -0.150. The van der Waals surface area contributed by atoms with Gasteiger partial charge in [-0.25, -0.2) is 9.59 Å². The van der Waals surface area contributed by atoms with E-state index in [1.807, 2.05) is 18.2 Å². The second kappa shape index (κ2) is 11.0. The van der Waals surface area contributed by atoms with Gasteiger partial charge < -0.3 is 24.8 Å². The van der Waals surface area contributed by atoms with E-state index in [1.54, 1.807) is 27.0 Å². The van der Waals surface area contributed by atoms with E-state index < -0.39 is 18.0 Å². The number of para-hydroxylation sites is 1. The topological polar surface area (TPSA) is 106 Å². The molecule has 0 saturated carbocycles. The van der Waals surface area contributed by atoms with Gasteiger partial charge in [0.1, 0.15) is 5.75 Å². The first-order valence-corrected chi connectivity index (χ1v) is 11.0. The Hall–Kier alpha value is -3.07. The van der Waals surface area contributed by atoms with E-state index in [0.717, 1.165) is 19.4 Å². The van der Waals surface area contributed by atoms with Crippen LogP contribution in [-0.4, -0.2) is 62.8 Å². The molecule has 2 aliphatic heterocycles. The summed E-state index contributed by atoms with van der Waals surface area (Å²) in [5, 5.41) is 5.62. The van der Waals surface area contributed by atoms with Crippen LogP contribution in [0.1, 0.15) is 38.3 Å². The lowest BCUT2D eigenvalue weighted by atomic mass is 9.93. The number of piperidine rings is 1. The Kier molecular flexibility index (Phi) is 8.10. The Morgan fingerprint density at radius 1 is 1.16 bits per heavy atom. The van der Waals surface area contributed by atoms with E-state index in [9.17, 15) is 14.4 Å². The molecule has 0 aromatic heterocycles. The second-order valence-corrected chi connectivity index (χ2v) is 7.71. The Labute approximate surface area is 188 Å². The SMILES string of the molecule is CCOC(=O)C1=C(CN2CCC[C@H](C(=O)OCC)C2)NC(=O)N[C@@H]1c1ccccc1OC. The fourth-order valence-electron chi connectivity index (χ4n) is 4.21. The van der Waals surface area contributed by atoms with Crippen LogP contribution >= 0.6 is 0 Å². The molecule has 0 aliphatic carbocycles. The number of carbonyl (C=O) groups is 3. The number of methoxy groups -OCH3 is 1. The lowest BCUT2D eigenvalue weighted by Crippen LogP contribution is -2.50. The predicted molar refractivity (Wildman–Crippen MR) is 117 cm³/mol. The highest BCUT2D eigenvalue weighted by Crippen LogP contribution is 2.34. The van der Waals surface area contributed by atoms with Gasteiger partial charge in [-0.2, -0.15) is 0 Å². The number of nitrogens with zero attached hydrogens (tertiary/aromatic N) is 1. The quantitative estimate of drug-likeness (QED) is 0.591. The minimum atomic E-state index is -0.723. The minimum Gasteiger partial charge on any atom is -0.496 e. The molecular formula is C23H31N3O6. The summed E-state index contributed by atoms with van der Waals surface area (Å²) in [6, 6.07) is 6.10. The maximum Gasteiger partial charge on any atom is 0.338 e. The Bertz CT molecular complexity index is 884. The molecule has 2 heterocycles. The average molecular weight is 446 g/mol. The molecule has 2 atom stereocenters. The van der Waals surface area contributed by atoms with E-state index in [1.165, 1.54) is 0 Å². The number of rotatable bonds is 8. The zero-order valence-corrected chi connectivity index (χ0v) is 18.8. The zero-order valence-electron chi connectivity index (χ0n) is 18.8. The van der Waals surface area contributed by atoms with E-state index >= 15 is 0 Å². The van der Waals surface area contributed by atoms with Crippen LogP contribution in [-0.2, 0) is 19.1 Å². The third kappa shape index (κ3) is 5.40. The minimum absolute atomic E-state index is 0.205. The number of ether oxygens (including phenoxy) is 3. The number of benzene rings is 1. The molecule has 1 aromatic carbocycles. The molecule has 0 spiro atoms. The molecule has 2 N–H and O–H groups in total. The summed E-state index contributed by atoms with van der Waals surface area (Å²) >= 11 is 0. The summed E-state index contributed by atoms with van der Waals surface area (Å²) in [5.74, 6) is -0.387. The molecule has 174 valence electrons. The monoisotopic (exact) mass is 445 g/mol. The number of carbonyl (C=O) groups excluding carboxylic acids is 3. The summed E-state index contributed by atoms with van der Waals surface area (Å²) < 4.78 is 16.0. The van der Waals surface area contributed by atoms with Crippen molar-refractivity contribution in [2.75, 3.05) is 40.0 Å². The van der Waals surface area contributed by atoms with Gasteiger partial charge in [-0.3, -0.25) is 9.69 Å².